The first-order valence-electron chi connectivity index (χ1n) is 5.63. The van der Waals surface area contributed by atoms with Crippen LogP contribution in [0.5, 0.6) is 0 Å². The second-order valence-electron chi connectivity index (χ2n) is 4.14. The Kier molecular flexibility index (Phi) is 3.51. The second-order valence-corrected chi connectivity index (χ2v) is 4.14. The Labute approximate surface area is 94.2 Å². The summed E-state index contributed by atoms with van der Waals surface area (Å²) < 4.78 is 0. The van der Waals surface area contributed by atoms with Crippen molar-refractivity contribution >= 4 is 5.91 Å². The third-order valence-corrected chi connectivity index (χ3v) is 3.10. The first kappa shape index (κ1) is 11.1. The predicted molar refractivity (Wildman–Crippen MR) is 59.0 cm³/mol. The maximum absolute atomic E-state index is 11.7. The van der Waals surface area contributed by atoms with E-state index in [1.807, 2.05) is 7.05 Å². The molecule has 1 aliphatic carbocycles. The molecule has 6 nitrogen and oxygen atoms in total. The quantitative estimate of drug-likeness (QED) is 0.677. The van der Waals surface area contributed by atoms with Crippen molar-refractivity contribution in [3.63, 3.8) is 0 Å². The number of aromatic amines is 1. The number of nitrogens with zero attached hydrogens (tertiary/aromatic N) is 2. The molecule has 0 aromatic carbocycles. The highest BCUT2D eigenvalue weighted by Crippen LogP contribution is 2.18. The van der Waals surface area contributed by atoms with Crippen LogP contribution in [0.2, 0.25) is 0 Å². The lowest BCUT2D eigenvalue weighted by atomic mass is 9.91. The van der Waals surface area contributed by atoms with E-state index in [-0.39, 0.29) is 17.8 Å². The SMILES string of the molecule is CNC1CCC(NC(=O)c2ncn[nH]2)CC1. The predicted octanol–water partition coefficient (Wildman–Crippen LogP) is 0.0651. The van der Waals surface area contributed by atoms with Crippen LogP contribution in [0.25, 0.3) is 0 Å². The molecule has 6 heteroatoms. The Hall–Kier alpha value is -1.43. The number of amides is 1. The van der Waals surface area contributed by atoms with E-state index in [4.69, 9.17) is 0 Å². The highest BCUT2D eigenvalue weighted by atomic mass is 16.2. The van der Waals surface area contributed by atoms with Crippen LogP contribution in [0.15, 0.2) is 6.33 Å². The lowest BCUT2D eigenvalue weighted by molar-refractivity contribution is 0.0914. The lowest BCUT2D eigenvalue weighted by Gasteiger charge is -2.28. The Balaban J connectivity index is 1.81. The van der Waals surface area contributed by atoms with E-state index in [1.165, 1.54) is 6.33 Å². The minimum atomic E-state index is -0.162. The highest BCUT2D eigenvalue weighted by Gasteiger charge is 2.22. The topological polar surface area (TPSA) is 82.7 Å². The fourth-order valence-corrected chi connectivity index (χ4v) is 2.10. The fourth-order valence-electron chi connectivity index (χ4n) is 2.10. The summed E-state index contributed by atoms with van der Waals surface area (Å²) in [6.07, 6.45) is 5.60. The van der Waals surface area contributed by atoms with Crippen molar-refractivity contribution < 1.29 is 4.79 Å². The van der Waals surface area contributed by atoms with Gasteiger partial charge in [-0.05, 0) is 32.7 Å². The van der Waals surface area contributed by atoms with Gasteiger partial charge in [-0.25, -0.2) is 4.98 Å². The Morgan fingerprint density at radius 2 is 2.06 bits per heavy atom. The Morgan fingerprint density at radius 1 is 1.38 bits per heavy atom. The molecule has 1 aliphatic rings. The molecule has 0 unspecified atom stereocenters. The van der Waals surface area contributed by atoms with E-state index in [9.17, 15) is 4.79 Å². The van der Waals surface area contributed by atoms with Gasteiger partial charge in [0, 0.05) is 12.1 Å². The molecular formula is C10H17N5O. The molecule has 3 N–H and O–H groups in total. The van der Waals surface area contributed by atoms with Gasteiger partial charge in [-0.15, -0.1) is 0 Å². The van der Waals surface area contributed by atoms with E-state index in [2.05, 4.69) is 25.8 Å². The molecule has 0 radical (unpaired) electrons. The summed E-state index contributed by atoms with van der Waals surface area (Å²) in [4.78, 5) is 15.5. The van der Waals surface area contributed by atoms with Gasteiger partial charge >= 0.3 is 0 Å². The summed E-state index contributed by atoms with van der Waals surface area (Å²) in [6, 6.07) is 0.862. The molecule has 0 saturated heterocycles. The van der Waals surface area contributed by atoms with Crippen LogP contribution in [-0.4, -0.2) is 40.2 Å². The lowest BCUT2D eigenvalue weighted by Crippen LogP contribution is -2.41. The number of hydrogen-bond donors (Lipinski definition) is 3. The average Bonchev–Trinajstić information content (AvgIpc) is 2.83. The minimum absolute atomic E-state index is 0.162. The van der Waals surface area contributed by atoms with Crippen LogP contribution < -0.4 is 10.6 Å². The summed E-state index contributed by atoms with van der Waals surface area (Å²) in [5.41, 5.74) is 0. The molecule has 0 spiro atoms. The van der Waals surface area contributed by atoms with Crippen LogP contribution in [0, 0.1) is 0 Å². The smallest absolute Gasteiger partial charge is 0.288 e. The number of nitrogens with one attached hydrogen (secondary N) is 3. The first-order chi connectivity index (χ1) is 7.79. The van der Waals surface area contributed by atoms with Crippen molar-refractivity contribution in [1.29, 1.82) is 0 Å². The molecule has 1 fully saturated rings. The van der Waals surface area contributed by atoms with Crippen molar-refractivity contribution in [2.75, 3.05) is 7.05 Å². The standard InChI is InChI=1S/C10H17N5O/c1-11-7-2-4-8(5-3-7)14-10(16)9-12-6-13-15-9/h6-8,11H,2-5H2,1H3,(H,14,16)(H,12,13,15). The zero-order valence-electron chi connectivity index (χ0n) is 9.36. The van der Waals surface area contributed by atoms with E-state index < -0.39 is 0 Å². The normalized spacial score (nSPS) is 25.3. The van der Waals surface area contributed by atoms with Crippen LogP contribution in [-0.2, 0) is 0 Å². The highest BCUT2D eigenvalue weighted by molar-refractivity contribution is 5.90. The van der Waals surface area contributed by atoms with Gasteiger partial charge in [-0.1, -0.05) is 0 Å². The largest absolute Gasteiger partial charge is 0.347 e. The number of aromatic nitrogens is 3. The van der Waals surface area contributed by atoms with Gasteiger partial charge in [0.1, 0.15) is 6.33 Å². The molecule has 1 amide bonds. The van der Waals surface area contributed by atoms with E-state index in [0.29, 0.717) is 6.04 Å². The van der Waals surface area contributed by atoms with Gasteiger partial charge in [0.2, 0.25) is 5.82 Å². The number of carbonyl (C=O) groups is 1. The molecule has 0 aliphatic heterocycles. The number of hydrogen-bond acceptors (Lipinski definition) is 4. The third-order valence-electron chi connectivity index (χ3n) is 3.10. The molecular weight excluding hydrogens is 206 g/mol. The molecule has 88 valence electrons. The van der Waals surface area contributed by atoms with Gasteiger partial charge in [-0.3, -0.25) is 9.89 Å². The van der Waals surface area contributed by atoms with E-state index >= 15 is 0 Å². The maximum Gasteiger partial charge on any atom is 0.288 e. The molecule has 2 rings (SSSR count). The maximum atomic E-state index is 11.7. The van der Waals surface area contributed by atoms with E-state index in [0.717, 1.165) is 25.7 Å². The molecule has 1 aromatic rings. The molecule has 1 heterocycles. The summed E-state index contributed by atoms with van der Waals surface area (Å²) >= 11 is 0. The van der Waals surface area contributed by atoms with Crippen molar-refractivity contribution in [3.8, 4) is 0 Å². The number of H-pyrrole nitrogens is 1. The summed E-state index contributed by atoms with van der Waals surface area (Å²) in [5, 5.41) is 12.4. The minimum Gasteiger partial charge on any atom is -0.347 e. The van der Waals surface area contributed by atoms with Crippen LogP contribution in [0.1, 0.15) is 36.3 Å². The van der Waals surface area contributed by atoms with Crippen molar-refractivity contribution in [2.24, 2.45) is 0 Å². The summed E-state index contributed by atoms with van der Waals surface area (Å²) in [7, 11) is 1.98. The second kappa shape index (κ2) is 5.07. The van der Waals surface area contributed by atoms with Crippen molar-refractivity contribution in [3.05, 3.63) is 12.2 Å². The molecule has 1 saturated carbocycles. The van der Waals surface area contributed by atoms with Gasteiger partial charge in [0.05, 0.1) is 0 Å². The van der Waals surface area contributed by atoms with E-state index in [1.54, 1.807) is 0 Å². The Bertz CT molecular complexity index is 329. The number of carbonyl (C=O) groups excluding carboxylic acids is 1. The summed E-state index contributed by atoms with van der Waals surface area (Å²) in [5.74, 6) is 0.126. The van der Waals surface area contributed by atoms with Gasteiger partial charge in [-0.2, -0.15) is 5.10 Å². The first-order valence-corrected chi connectivity index (χ1v) is 5.63. The monoisotopic (exact) mass is 223 g/mol. The van der Waals surface area contributed by atoms with Crippen LogP contribution in [0.3, 0.4) is 0 Å². The van der Waals surface area contributed by atoms with Crippen LogP contribution in [0.4, 0.5) is 0 Å². The molecule has 1 aromatic heterocycles. The zero-order chi connectivity index (χ0) is 11.4. The Morgan fingerprint density at radius 3 is 2.62 bits per heavy atom. The fraction of sp³-hybridized carbons (Fsp3) is 0.700. The van der Waals surface area contributed by atoms with Gasteiger partial charge in [0.25, 0.3) is 5.91 Å². The molecule has 0 atom stereocenters. The van der Waals surface area contributed by atoms with Crippen molar-refractivity contribution in [1.82, 2.24) is 25.8 Å². The molecule has 0 bridgehead atoms. The van der Waals surface area contributed by atoms with Crippen molar-refractivity contribution in [2.45, 2.75) is 37.8 Å². The number of rotatable bonds is 3. The third kappa shape index (κ3) is 2.57. The zero-order valence-corrected chi connectivity index (χ0v) is 9.36. The van der Waals surface area contributed by atoms with Gasteiger partial charge in [0.15, 0.2) is 0 Å². The summed E-state index contributed by atoms with van der Waals surface area (Å²) in [6.45, 7) is 0. The van der Waals surface area contributed by atoms with Crippen LogP contribution >= 0.6 is 0 Å². The van der Waals surface area contributed by atoms with Gasteiger partial charge < -0.3 is 10.6 Å². The molecule has 16 heavy (non-hydrogen) atoms. The average molecular weight is 223 g/mol.